The SMILES string of the molecule is COCCC1(CNS(=O)(=O)c2cnc(C)[nH]2)CC1. The number of hydrogen-bond donors (Lipinski definition) is 2. The number of nitrogens with zero attached hydrogens (tertiary/aromatic N) is 1. The normalized spacial score (nSPS) is 17.9. The molecule has 0 amide bonds. The van der Waals surface area contributed by atoms with Gasteiger partial charge in [0, 0.05) is 20.3 Å². The smallest absolute Gasteiger partial charge is 0.257 e. The van der Waals surface area contributed by atoms with Crippen LogP contribution < -0.4 is 4.72 Å². The van der Waals surface area contributed by atoms with Gasteiger partial charge >= 0.3 is 0 Å². The Morgan fingerprint density at radius 3 is 2.78 bits per heavy atom. The number of rotatable bonds is 7. The Morgan fingerprint density at radius 1 is 1.56 bits per heavy atom. The maximum Gasteiger partial charge on any atom is 0.257 e. The second kappa shape index (κ2) is 4.99. The topological polar surface area (TPSA) is 84.1 Å². The van der Waals surface area contributed by atoms with Crippen molar-refractivity contribution >= 4 is 10.0 Å². The summed E-state index contributed by atoms with van der Waals surface area (Å²) in [7, 11) is -1.81. The molecule has 18 heavy (non-hydrogen) atoms. The van der Waals surface area contributed by atoms with Crippen LogP contribution in [-0.4, -0.2) is 38.6 Å². The molecule has 1 heterocycles. The number of aromatic amines is 1. The van der Waals surface area contributed by atoms with E-state index in [-0.39, 0.29) is 10.4 Å². The van der Waals surface area contributed by atoms with Crippen molar-refractivity contribution in [3.63, 3.8) is 0 Å². The first-order chi connectivity index (χ1) is 8.47. The lowest BCUT2D eigenvalue weighted by molar-refractivity contribution is 0.173. The quantitative estimate of drug-likeness (QED) is 0.770. The van der Waals surface area contributed by atoms with E-state index in [1.165, 1.54) is 6.20 Å². The summed E-state index contributed by atoms with van der Waals surface area (Å²) >= 11 is 0. The molecule has 102 valence electrons. The van der Waals surface area contributed by atoms with Gasteiger partial charge in [-0.1, -0.05) is 0 Å². The van der Waals surface area contributed by atoms with Crippen molar-refractivity contribution in [2.75, 3.05) is 20.3 Å². The Morgan fingerprint density at radius 2 is 2.28 bits per heavy atom. The van der Waals surface area contributed by atoms with Crippen LogP contribution in [0.15, 0.2) is 11.2 Å². The zero-order valence-corrected chi connectivity index (χ0v) is 11.5. The highest BCUT2D eigenvalue weighted by atomic mass is 32.2. The maximum absolute atomic E-state index is 12.0. The highest BCUT2D eigenvalue weighted by Gasteiger charge is 2.42. The molecule has 7 heteroatoms. The molecule has 1 aromatic rings. The minimum atomic E-state index is -3.47. The van der Waals surface area contributed by atoms with Crippen LogP contribution in [0.5, 0.6) is 0 Å². The summed E-state index contributed by atoms with van der Waals surface area (Å²) in [5.74, 6) is 0.593. The zero-order chi connectivity index (χ0) is 13.2. The molecule has 2 N–H and O–H groups in total. The molecule has 2 rings (SSSR count). The third-order valence-electron chi connectivity index (χ3n) is 3.40. The largest absolute Gasteiger partial charge is 0.385 e. The average molecular weight is 273 g/mol. The first kappa shape index (κ1) is 13.5. The van der Waals surface area contributed by atoms with Crippen LogP contribution >= 0.6 is 0 Å². The fraction of sp³-hybridized carbons (Fsp3) is 0.727. The van der Waals surface area contributed by atoms with Crippen molar-refractivity contribution in [3.8, 4) is 0 Å². The van der Waals surface area contributed by atoms with Gasteiger partial charge in [-0.2, -0.15) is 0 Å². The molecule has 6 nitrogen and oxygen atoms in total. The molecule has 0 aromatic carbocycles. The van der Waals surface area contributed by atoms with Crippen LogP contribution in [0.2, 0.25) is 0 Å². The average Bonchev–Trinajstić information content (AvgIpc) is 2.97. The molecule has 0 bridgehead atoms. The molecule has 0 spiro atoms. The van der Waals surface area contributed by atoms with Crippen molar-refractivity contribution in [2.45, 2.75) is 31.2 Å². The van der Waals surface area contributed by atoms with Gasteiger partial charge in [0.05, 0.1) is 6.20 Å². The van der Waals surface area contributed by atoms with Crippen LogP contribution in [0, 0.1) is 12.3 Å². The first-order valence-electron chi connectivity index (χ1n) is 5.98. The van der Waals surface area contributed by atoms with Gasteiger partial charge in [0.25, 0.3) is 10.0 Å². The van der Waals surface area contributed by atoms with Gasteiger partial charge in [-0.25, -0.2) is 18.1 Å². The van der Waals surface area contributed by atoms with Crippen molar-refractivity contribution in [2.24, 2.45) is 5.41 Å². The van der Waals surface area contributed by atoms with Gasteiger partial charge in [-0.15, -0.1) is 0 Å². The molecular weight excluding hydrogens is 254 g/mol. The van der Waals surface area contributed by atoms with Crippen LogP contribution in [0.25, 0.3) is 0 Å². The van der Waals surface area contributed by atoms with E-state index in [4.69, 9.17) is 4.74 Å². The summed E-state index contributed by atoms with van der Waals surface area (Å²) in [6.07, 6.45) is 4.35. The van der Waals surface area contributed by atoms with Gasteiger partial charge in [0.15, 0.2) is 5.03 Å². The Balaban J connectivity index is 1.94. The number of H-pyrrole nitrogens is 1. The van der Waals surface area contributed by atoms with E-state index < -0.39 is 10.0 Å². The zero-order valence-electron chi connectivity index (χ0n) is 10.7. The fourth-order valence-corrected chi connectivity index (χ4v) is 3.00. The number of methoxy groups -OCH3 is 1. The Hall–Kier alpha value is -0.920. The predicted octanol–water partition coefficient (Wildman–Crippen LogP) is 0.813. The molecular formula is C11H19N3O3S. The molecule has 0 saturated heterocycles. The molecule has 1 fully saturated rings. The molecule has 1 saturated carbocycles. The number of hydrogen-bond acceptors (Lipinski definition) is 4. The molecule has 0 radical (unpaired) electrons. The lowest BCUT2D eigenvalue weighted by Gasteiger charge is -2.14. The first-order valence-corrected chi connectivity index (χ1v) is 7.46. The lowest BCUT2D eigenvalue weighted by atomic mass is 10.0. The Labute approximate surface area is 107 Å². The van der Waals surface area contributed by atoms with E-state index >= 15 is 0 Å². The van der Waals surface area contributed by atoms with E-state index in [2.05, 4.69) is 14.7 Å². The molecule has 1 aliphatic rings. The molecule has 1 aliphatic carbocycles. The van der Waals surface area contributed by atoms with Crippen LogP contribution in [0.1, 0.15) is 25.1 Å². The van der Waals surface area contributed by atoms with Crippen LogP contribution in [-0.2, 0) is 14.8 Å². The van der Waals surface area contributed by atoms with Crippen LogP contribution in [0.3, 0.4) is 0 Å². The summed E-state index contributed by atoms with van der Waals surface area (Å²) in [4.78, 5) is 6.63. The van der Waals surface area contributed by atoms with E-state index in [0.29, 0.717) is 19.0 Å². The second-order valence-electron chi connectivity index (χ2n) is 4.90. The Bertz CT molecular complexity index is 505. The monoisotopic (exact) mass is 273 g/mol. The second-order valence-corrected chi connectivity index (χ2v) is 6.64. The summed E-state index contributed by atoms with van der Waals surface area (Å²) in [6.45, 7) is 2.86. The summed E-state index contributed by atoms with van der Waals surface area (Å²) < 4.78 is 31.7. The minimum Gasteiger partial charge on any atom is -0.385 e. The molecule has 0 atom stereocenters. The molecule has 1 aromatic heterocycles. The number of nitrogens with one attached hydrogen (secondary N) is 2. The van der Waals surface area contributed by atoms with E-state index in [1.807, 2.05) is 0 Å². The highest BCUT2D eigenvalue weighted by Crippen LogP contribution is 2.48. The third kappa shape index (κ3) is 3.09. The van der Waals surface area contributed by atoms with E-state index in [1.54, 1.807) is 14.0 Å². The highest BCUT2D eigenvalue weighted by molar-refractivity contribution is 7.89. The van der Waals surface area contributed by atoms with Crippen LogP contribution in [0.4, 0.5) is 0 Å². The predicted molar refractivity (Wildman–Crippen MR) is 66.7 cm³/mol. The van der Waals surface area contributed by atoms with E-state index in [0.717, 1.165) is 19.3 Å². The molecule has 0 aliphatic heterocycles. The molecule has 0 unspecified atom stereocenters. The van der Waals surface area contributed by atoms with Gasteiger partial charge in [-0.3, -0.25) is 0 Å². The number of aromatic nitrogens is 2. The van der Waals surface area contributed by atoms with Gasteiger partial charge in [0.2, 0.25) is 0 Å². The Kier molecular flexibility index (Phi) is 3.74. The third-order valence-corrected chi connectivity index (χ3v) is 4.71. The number of imidazole rings is 1. The number of aryl methyl sites for hydroxylation is 1. The standard InChI is InChI=1S/C11H19N3O3S/c1-9-12-7-10(14-9)18(15,16)13-8-11(3-4-11)5-6-17-2/h7,13H,3-6,8H2,1-2H3,(H,12,14). The number of sulfonamides is 1. The van der Waals surface area contributed by atoms with Gasteiger partial charge < -0.3 is 9.72 Å². The van der Waals surface area contributed by atoms with Crippen molar-refractivity contribution in [3.05, 3.63) is 12.0 Å². The number of ether oxygens (including phenoxy) is 1. The summed E-state index contributed by atoms with van der Waals surface area (Å²) in [5, 5.41) is 0.127. The van der Waals surface area contributed by atoms with Crippen molar-refractivity contribution < 1.29 is 13.2 Å². The lowest BCUT2D eigenvalue weighted by Crippen LogP contribution is -2.31. The van der Waals surface area contributed by atoms with Gasteiger partial charge in [-0.05, 0) is 31.6 Å². The van der Waals surface area contributed by atoms with Gasteiger partial charge in [0.1, 0.15) is 5.82 Å². The van der Waals surface area contributed by atoms with Crippen molar-refractivity contribution in [1.29, 1.82) is 0 Å². The minimum absolute atomic E-state index is 0.0954. The fourth-order valence-electron chi connectivity index (χ4n) is 1.87. The van der Waals surface area contributed by atoms with Crippen molar-refractivity contribution in [1.82, 2.24) is 14.7 Å². The summed E-state index contributed by atoms with van der Waals surface area (Å²) in [6, 6.07) is 0. The summed E-state index contributed by atoms with van der Waals surface area (Å²) in [5.41, 5.74) is 0.0954. The van der Waals surface area contributed by atoms with E-state index in [9.17, 15) is 8.42 Å². The maximum atomic E-state index is 12.0.